The van der Waals surface area contributed by atoms with Gasteiger partial charge in [0, 0.05) is 29.6 Å². The van der Waals surface area contributed by atoms with Gasteiger partial charge in [-0.15, -0.1) is 0 Å². The van der Waals surface area contributed by atoms with E-state index in [0.717, 1.165) is 5.56 Å². The Bertz CT molecular complexity index is 381. The Hall–Kier alpha value is -0.760. The molecule has 2 aromatic rings. The summed E-state index contributed by atoms with van der Waals surface area (Å²) in [4.78, 5) is 0. The first-order valence-electron chi connectivity index (χ1n) is 4.21. The van der Waals surface area contributed by atoms with Crippen LogP contribution in [0.2, 0.25) is 0 Å². The molecule has 1 N–H and O–H groups in total. The van der Waals surface area contributed by atoms with Crippen molar-refractivity contribution in [1.29, 1.82) is 0 Å². The van der Waals surface area contributed by atoms with E-state index in [1.807, 2.05) is 42.5 Å². The van der Waals surface area contributed by atoms with Gasteiger partial charge in [0.15, 0.2) is 0 Å². The van der Waals surface area contributed by atoms with Crippen molar-refractivity contribution < 1.29 is 5.11 Å². The molecule has 0 atom stereocenters. The Morgan fingerprint density at radius 2 is 1.14 bits per heavy atom. The van der Waals surface area contributed by atoms with Crippen molar-refractivity contribution in [2.24, 2.45) is 0 Å². The molecule has 0 aliphatic heterocycles. The average molecular weight is 193 g/mol. The number of hydrogen-bond acceptors (Lipinski definition) is 1. The van der Waals surface area contributed by atoms with Crippen LogP contribution < -0.4 is 0 Å². The van der Waals surface area contributed by atoms with E-state index in [2.05, 4.69) is 0 Å². The van der Waals surface area contributed by atoms with Gasteiger partial charge in [-0.2, -0.15) is 0 Å². The van der Waals surface area contributed by atoms with E-state index in [-0.39, 0.29) is 29.6 Å². The molecule has 1 radical (unpaired) electrons. The summed E-state index contributed by atoms with van der Waals surface area (Å²) in [6, 6.07) is 17.3. The Labute approximate surface area is 106 Å². The molecule has 0 amide bonds. The second kappa shape index (κ2) is 5.20. The molecule has 0 aromatic heterocycles. The van der Waals surface area contributed by atoms with Crippen molar-refractivity contribution in [2.75, 3.05) is 0 Å². The van der Waals surface area contributed by atoms with Crippen LogP contribution in [-0.4, -0.2) is 34.7 Å². The Morgan fingerprint density at radius 3 is 1.71 bits per heavy atom. The van der Waals surface area contributed by atoms with Crippen molar-refractivity contribution in [3.8, 4) is 16.9 Å². The van der Waals surface area contributed by atoms with Crippen molar-refractivity contribution in [3.63, 3.8) is 0 Å². The average Bonchev–Trinajstić information content (AvgIpc) is 2.20. The summed E-state index contributed by atoms with van der Waals surface area (Å²) in [5, 5.41) is 9.10. The van der Waals surface area contributed by atoms with Crippen LogP contribution in [-0.2, 0) is 0 Å². The van der Waals surface area contributed by atoms with E-state index in [0.29, 0.717) is 5.75 Å². The molecular weight excluding hydrogens is 183 g/mol. The quantitative estimate of drug-likeness (QED) is 0.690. The van der Waals surface area contributed by atoms with Crippen molar-refractivity contribution >= 4 is 29.6 Å². The predicted molar refractivity (Wildman–Crippen MR) is 59.3 cm³/mol. The summed E-state index contributed by atoms with van der Waals surface area (Å²) < 4.78 is 0. The fourth-order valence-electron chi connectivity index (χ4n) is 1.28. The third kappa shape index (κ3) is 2.61. The molecular formula is C12H10NaO. The molecule has 0 unspecified atom stereocenters. The number of aromatic hydroxyl groups is 1. The van der Waals surface area contributed by atoms with E-state index in [1.54, 1.807) is 12.1 Å². The molecule has 0 spiro atoms. The van der Waals surface area contributed by atoms with Gasteiger partial charge in [-0.3, -0.25) is 0 Å². The minimum atomic E-state index is 0. The van der Waals surface area contributed by atoms with Gasteiger partial charge in [0.25, 0.3) is 0 Å². The maximum Gasteiger partial charge on any atom is 0.115 e. The number of benzene rings is 2. The normalized spacial score (nSPS) is 9.14. The zero-order valence-electron chi connectivity index (χ0n) is 8.14. The zero-order valence-corrected chi connectivity index (χ0v) is 10.1. The molecule has 65 valence electrons. The van der Waals surface area contributed by atoms with Gasteiger partial charge in [0.2, 0.25) is 0 Å². The number of phenols is 1. The fraction of sp³-hybridized carbons (Fsp3) is 0. The van der Waals surface area contributed by atoms with Gasteiger partial charge in [-0.1, -0.05) is 42.5 Å². The second-order valence-corrected chi connectivity index (χ2v) is 2.91. The maximum atomic E-state index is 9.10. The summed E-state index contributed by atoms with van der Waals surface area (Å²) >= 11 is 0. The zero-order chi connectivity index (χ0) is 9.10. The summed E-state index contributed by atoms with van der Waals surface area (Å²) in [7, 11) is 0. The van der Waals surface area contributed by atoms with Crippen LogP contribution >= 0.6 is 0 Å². The van der Waals surface area contributed by atoms with E-state index in [9.17, 15) is 0 Å². The van der Waals surface area contributed by atoms with Gasteiger partial charge in [0.1, 0.15) is 5.75 Å². The number of phenolic OH excluding ortho intramolecular Hbond substituents is 1. The molecule has 0 bridgehead atoms. The van der Waals surface area contributed by atoms with Crippen LogP contribution in [0.5, 0.6) is 5.75 Å². The topological polar surface area (TPSA) is 20.2 Å². The van der Waals surface area contributed by atoms with E-state index >= 15 is 0 Å². The third-order valence-electron chi connectivity index (χ3n) is 1.97. The molecule has 0 aliphatic carbocycles. The molecule has 14 heavy (non-hydrogen) atoms. The van der Waals surface area contributed by atoms with Crippen LogP contribution in [0.15, 0.2) is 54.6 Å². The molecule has 0 fully saturated rings. The molecule has 0 aliphatic rings. The van der Waals surface area contributed by atoms with Gasteiger partial charge in [-0.25, -0.2) is 0 Å². The number of hydrogen-bond donors (Lipinski definition) is 1. The molecule has 0 saturated carbocycles. The Balaban J connectivity index is 0.000000980. The van der Waals surface area contributed by atoms with Crippen molar-refractivity contribution in [1.82, 2.24) is 0 Å². The second-order valence-electron chi connectivity index (χ2n) is 2.91. The van der Waals surface area contributed by atoms with Gasteiger partial charge in [0.05, 0.1) is 0 Å². The minimum Gasteiger partial charge on any atom is -0.508 e. The molecule has 1 nitrogen and oxygen atoms in total. The van der Waals surface area contributed by atoms with E-state index in [4.69, 9.17) is 5.11 Å². The van der Waals surface area contributed by atoms with Gasteiger partial charge >= 0.3 is 0 Å². The monoisotopic (exact) mass is 193 g/mol. The molecule has 0 saturated heterocycles. The first-order valence-corrected chi connectivity index (χ1v) is 4.21. The molecule has 2 rings (SSSR count). The van der Waals surface area contributed by atoms with Crippen LogP contribution in [0.3, 0.4) is 0 Å². The van der Waals surface area contributed by atoms with Gasteiger partial charge in [-0.05, 0) is 23.3 Å². The van der Waals surface area contributed by atoms with Crippen LogP contribution in [0, 0.1) is 0 Å². The van der Waals surface area contributed by atoms with E-state index in [1.165, 1.54) is 5.56 Å². The first kappa shape index (κ1) is 11.3. The smallest absolute Gasteiger partial charge is 0.115 e. The molecule has 0 heterocycles. The Morgan fingerprint density at radius 1 is 0.643 bits per heavy atom. The summed E-state index contributed by atoms with van der Waals surface area (Å²) in [6.07, 6.45) is 0. The first-order chi connectivity index (χ1) is 6.36. The summed E-state index contributed by atoms with van der Waals surface area (Å²) in [6.45, 7) is 0. The van der Waals surface area contributed by atoms with Crippen LogP contribution in [0.4, 0.5) is 0 Å². The molecule has 2 heteroatoms. The number of rotatable bonds is 1. The Kier molecular flexibility index (Phi) is 4.21. The van der Waals surface area contributed by atoms with Gasteiger partial charge < -0.3 is 5.11 Å². The summed E-state index contributed by atoms with van der Waals surface area (Å²) in [5.74, 6) is 0.305. The largest absolute Gasteiger partial charge is 0.508 e. The fourth-order valence-corrected chi connectivity index (χ4v) is 1.28. The van der Waals surface area contributed by atoms with Crippen LogP contribution in [0.1, 0.15) is 0 Å². The maximum absolute atomic E-state index is 9.10. The van der Waals surface area contributed by atoms with Crippen LogP contribution in [0.25, 0.3) is 11.1 Å². The van der Waals surface area contributed by atoms with Crippen molar-refractivity contribution in [3.05, 3.63) is 54.6 Å². The SMILES string of the molecule is Oc1ccc(-c2ccccc2)cc1.[Na]. The standard InChI is InChI=1S/C12H10O.Na/c13-12-8-6-11(7-9-12)10-4-2-1-3-5-10;/h1-9,13H;. The predicted octanol–water partition coefficient (Wildman–Crippen LogP) is 2.68. The van der Waals surface area contributed by atoms with Crippen molar-refractivity contribution in [2.45, 2.75) is 0 Å². The summed E-state index contributed by atoms with van der Waals surface area (Å²) in [5.41, 5.74) is 2.29. The molecule has 2 aromatic carbocycles. The minimum absolute atomic E-state index is 0. The van der Waals surface area contributed by atoms with E-state index < -0.39 is 0 Å². The third-order valence-corrected chi connectivity index (χ3v) is 1.97.